The molecule has 0 bridgehead atoms. The van der Waals surface area contributed by atoms with Crippen molar-refractivity contribution < 1.29 is 14.2 Å². The Morgan fingerprint density at radius 2 is 1.41 bits per heavy atom. The fourth-order valence-electron chi connectivity index (χ4n) is 2.29. The molecule has 1 aromatic heterocycles. The number of aromatic nitrogens is 2. The van der Waals surface area contributed by atoms with Crippen LogP contribution in [-0.2, 0) is 0 Å². The Balaban J connectivity index is 1.83. The zero-order valence-electron chi connectivity index (χ0n) is 14.2. The van der Waals surface area contributed by atoms with Crippen molar-refractivity contribution in [2.75, 3.05) is 10.6 Å². The van der Waals surface area contributed by atoms with Gasteiger partial charge in [-0.25, -0.2) is 0 Å². The SMILES string of the molecule is O=[N+]([O-])c1ccc(Nc2ncc(F)c(Nc3ccc([N+](=O)[O-])c([As])c3)n2)cc1[As]. The van der Waals surface area contributed by atoms with Gasteiger partial charge in [-0.05, 0) is 0 Å². The van der Waals surface area contributed by atoms with E-state index < -0.39 is 15.7 Å². The summed E-state index contributed by atoms with van der Waals surface area (Å²) in [5.74, 6) is -0.806. The summed E-state index contributed by atoms with van der Waals surface area (Å²) in [6.45, 7) is 0. The molecule has 144 valence electrons. The van der Waals surface area contributed by atoms with Gasteiger partial charge in [0.1, 0.15) is 0 Å². The molecule has 0 unspecified atom stereocenters. The number of benzene rings is 2. The van der Waals surface area contributed by atoms with Gasteiger partial charge in [-0.3, -0.25) is 0 Å². The molecule has 0 atom stereocenters. The molecular formula is C16H9As2FN6O4. The van der Waals surface area contributed by atoms with Crippen LogP contribution in [0.25, 0.3) is 0 Å². The molecule has 0 amide bonds. The van der Waals surface area contributed by atoms with Crippen molar-refractivity contribution in [1.82, 2.24) is 9.97 Å². The topological polar surface area (TPSA) is 136 Å². The van der Waals surface area contributed by atoms with Gasteiger partial charge in [0.05, 0.1) is 0 Å². The Morgan fingerprint density at radius 3 is 1.90 bits per heavy atom. The van der Waals surface area contributed by atoms with Crippen LogP contribution >= 0.6 is 0 Å². The van der Waals surface area contributed by atoms with E-state index in [9.17, 15) is 24.6 Å². The van der Waals surface area contributed by atoms with Crippen molar-refractivity contribution >= 4 is 76.9 Å². The molecule has 0 spiro atoms. The summed E-state index contributed by atoms with van der Waals surface area (Å²) < 4.78 is 14.8. The number of hydrogen-bond donors (Lipinski definition) is 2. The van der Waals surface area contributed by atoms with Crippen LogP contribution in [0.15, 0.2) is 42.6 Å². The number of halogens is 1. The number of nitro benzene ring substituents is 2. The van der Waals surface area contributed by atoms with Crippen molar-refractivity contribution in [3.8, 4) is 0 Å². The van der Waals surface area contributed by atoms with Crippen molar-refractivity contribution in [2.45, 2.75) is 0 Å². The molecule has 3 rings (SSSR count). The minimum absolute atomic E-state index is 0.0510. The van der Waals surface area contributed by atoms with Crippen LogP contribution in [0.1, 0.15) is 0 Å². The van der Waals surface area contributed by atoms with Crippen LogP contribution in [0.2, 0.25) is 0 Å². The van der Waals surface area contributed by atoms with Crippen LogP contribution in [0.3, 0.4) is 0 Å². The third kappa shape index (κ3) is 4.88. The van der Waals surface area contributed by atoms with E-state index in [2.05, 4.69) is 54.3 Å². The van der Waals surface area contributed by atoms with Crippen LogP contribution in [-0.4, -0.2) is 53.5 Å². The zero-order valence-corrected chi connectivity index (χ0v) is 18.0. The molecular weight excluding hydrogens is 509 g/mol. The van der Waals surface area contributed by atoms with Crippen LogP contribution in [0, 0.1) is 26.0 Å². The average Bonchev–Trinajstić information content (AvgIpc) is 2.64. The van der Waals surface area contributed by atoms with E-state index in [0.717, 1.165) is 6.20 Å². The zero-order chi connectivity index (χ0) is 21.1. The van der Waals surface area contributed by atoms with E-state index in [0.29, 0.717) is 20.1 Å². The third-order valence-corrected chi connectivity index (χ3v) is 5.11. The monoisotopic (exact) mass is 518 g/mol. The number of nitrogens with zero attached hydrogens (tertiary/aromatic N) is 4. The molecule has 0 aliphatic heterocycles. The normalized spacial score (nSPS) is 10.4. The summed E-state index contributed by atoms with van der Waals surface area (Å²) in [5, 5.41) is 27.4. The Bertz CT molecular complexity index is 1130. The molecule has 0 saturated carbocycles. The summed E-state index contributed by atoms with van der Waals surface area (Å²) >= 11 is 4.18. The molecule has 2 N–H and O–H groups in total. The van der Waals surface area contributed by atoms with E-state index >= 15 is 0 Å². The molecule has 2 aromatic carbocycles. The molecule has 0 saturated heterocycles. The maximum absolute atomic E-state index is 14.1. The van der Waals surface area contributed by atoms with Gasteiger partial charge in [-0.1, -0.05) is 0 Å². The Kier molecular flexibility index (Phi) is 6.10. The number of rotatable bonds is 6. The second-order valence-corrected chi connectivity index (χ2v) is 7.58. The molecule has 0 fully saturated rings. The summed E-state index contributed by atoms with van der Waals surface area (Å²) in [5.41, 5.74) is 0.753. The van der Waals surface area contributed by atoms with Crippen molar-refractivity contribution in [1.29, 1.82) is 0 Å². The van der Waals surface area contributed by atoms with Crippen LogP contribution in [0.4, 0.5) is 38.9 Å². The Labute approximate surface area is 180 Å². The van der Waals surface area contributed by atoms with Gasteiger partial charge in [0.15, 0.2) is 0 Å². The second-order valence-electron chi connectivity index (χ2n) is 5.56. The van der Waals surface area contributed by atoms with Gasteiger partial charge in [-0.2, -0.15) is 0 Å². The van der Waals surface area contributed by atoms with Gasteiger partial charge >= 0.3 is 180 Å². The molecule has 13 heteroatoms. The molecule has 0 aliphatic rings. The summed E-state index contributed by atoms with van der Waals surface area (Å²) in [4.78, 5) is 28.7. The molecule has 29 heavy (non-hydrogen) atoms. The van der Waals surface area contributed by atoms with Gasteiger partial charge < -0.3 is 0 Å². The second kappa shape index (κ2) is 8.55. The summed E-state index contributed by atoms with van der Waals surface area (Å²) in [6.07, 6.45) is 0.959. The predicted molar refractivity (Wildman–Crippen MR) is 106 cm³/mol. The van der Waals surface area contributed by atoms with Gasteiger partial charge in [0, 0.05) is 0 Å². The van der Waals surface area contributed by atoms with Crippen molar-refractivity contribution in [2.24, 2.45) is 0 Å². The number of hydrogen-bond acceptors (Lipinski definition) is 8. The first-order valence-electron chi connectivity index (χ1n) is 7.76. The van der Waals surface area contributed by atoms with Gasteiger partial charge in [0.2, 0.25) is 0 Å². The first-order valence-corrected chi connectivity index (χ1v) is 9.63. The van der Waals surface area contributed by atoms with Gasteiger partial charge in [0.25, 0.3) is 0 Å². The first kappa shape index (κ1) is 20.7. The summed E-state index contributed by atoms with van der Waals surface area (Å²) in [7, 11) is 0. The van der Waals surface area contributed by atoms with Gasteiger partial charge in [-0.15, -0.1) is 0 Å². The fraction of sp³-hybridized carbons (Fsp3) is 0. The maximum atomic E-state index is 14.1. The Hall–Kier alpha value is -3.03. The fourth-order valence-corrected chi connectivity index (χ4v) is 3.53. The van der Waals surface area contributed by atoms with E-state index in [-0.39, 0.29) is 23.1 Å². The predicted octanol–water partition coefficient (Wildman–Crippen LogP) is 1.51. The van der Waals surface area contributed by atoms with Crippen molar-refractivity contribution in [3.63, 3.8) is 0 Å². The Morgan fingerprint density at radius 1 is 0.897 bits per heavy atom. The number of anilines is 4. The quantitative estimate of drug-likeness (QED) is 0.285. The third-order valence-electron chi connectivity index (χ3n) is 3.61. The molecule has 3 aromatic rings. The van der Waals surface area contributed by atoms with E-state index in [1.807, 2.05) is 0 Å². The minimum atomic E-state index is -0.724. The molecule has 0 aliphatic carbocycles. The number of nitro groups is 2. The first-order chi connectivity index (χ1) is 13.7. The van der Waals surface area contributed by atoms with Crippen LogP contribution in [0.5, 0.6) is 0 Å². The van der Waals surface area contributed by atoms with E-state index in [1.54, 1.807) is 0 Å². The number of nitrogens with one attached hydrogen (secondary N) is 2. The molecule has 10 nitrogen and oxygen atoms in total. The molecule has 4 radical (unpaired) electrons. The average molecular weight is 518 g/mol. The summed E-state index contributed by atoms with van der Waals surface area (Å²) in [6, 6.07) is 8.54. The van der Waals surface area contributed by atoms with E-state index in [4.69, 9.17) is 0 Å². The molecule has 1 heterocycles. The standard InChI is InChI=1S/C16H9As2FN6O4/c17-10-5-8(1-3-13(10)24(26)27)21-15-12(19)7-20-16(23-15)22-9-2-4-14(25(28)29)11(18)6-9/h1-7H,(H2,20,21,22,23). The van der Waals surface area contributed by atoms with Crippen molar-refractivity contribution in [3.05, 3.63) is 68.6 Å². The van der Waals surface area contributed by atoms with E-state index in [1.165, 1.54) is 36.4 Å². The van der Waals surface area contributed by atoms with Crippen LogP contribution < -0.4 is 19.3 Å².